The number of nitrogens with one attached hydrogen (secondary N) is 1. The van der Waals surface area contributed by atoms with Crippen molar-refractivity contribution >= 4 is 64.4 Å². The molecule has 1 heterocycles. The number of hydrogen-bond acceptors (Lipinski definition) is 3. The highest BCUT2D eigenvalue weighted by Gasteiger charge is 2.37. The Hall–Kier alpha value is -3.12. The molecule has 5 nitrogen and oxygen atoms in total. The lowest BCUT2D eigenvalue weighted by Gasteiger charge is -2.26. The van der Waals surface area contributed by atoms with Gasteiger partial charge in [-0.1, -0.05) is 65.1 Å². The van der Waals surface area contributed by atoms with E-state index in [-0.39, 0.29) is 11.3 Å². The number of halogens is 3. The number of amides is 4. The van der Waals surface area contributed by atoms with E-state index in [1.54, 1.807) is 37.3 Å². The lowest BCUT2D eigenvalue weighted by molar-refractivity contribution is -0.122. The van der Waals surface area contributed by atoms with Crippen LogP contribution in [0.3, 0.4) is 0 Å². The van der Waals surface area contributed by atoms with Gasteiger partial charge >= 0.3 is 6.03 Å². The number of carbonyl (C=O) groups excluding carboxylic acids is 3. The number of aryl methyl sites for hydroxylation is 1. The Morgan fingerprint density at radius 3 is 2.36 bits per heavy atom. The molecule has 1 aliphatic rings. The van der Waals surface area contributed by atoms with E-state index in [2.05, 4.69) is 5.32 Å². The predicted molar refractivity (Wildman–Crippen MR) is 131 cm³/mol. The third-order valence-corrected chi connectivity index (χ3v) is 6.27. The second kappa shape index (κ2) is 9.40. The quantitative estimate of drug-likeness (QED) is 0.343. The number of barbiturate groups is 1. The summed E-state index contributed by atoms with van der Waals surface area (Å²) in [5, 5.41) is 3.65. The minimum atomic E-state index is -0.843. The fourth-order valence-electron chi connectivity index (χ4n) is 3.48. The van der Waals surface area contributed by atoms with Crippen molar-refractivity contribution in [3.63, 3.8) is 0 Å². The van der Waals surface area contributed by atoms with Gasteiger partial charge in [0.05, 0.1) is 5.69 Å². The molecule has 3 aromatic carbocycles. The summed E-state index contributed by atoms with van der Waals surface area (Å²) < 4.78 is 0. The molecule has 4 amide bonds. The van der Waals surface area contributed by atoms with Gasteiger partial charge in [-0.05, 0) is 72.0 Å². The molecule has 33 heavy (non-hydrogen) atoms. The summed E-state index contributed by atoms with van der Waals surface area (Å²) in [6.45, 7) is 1.80. The summed E-state index contributed by atoms with van der Waals surface area (Å²) in [4.78, 5) is 39.2. The van der Waals surface area contributed by atoms with E-state index in [4.69, 9.17) is 34.8 Å². The highest BCUT2D eigenvalue weighted by molar-refractivity contribution is 6.39. The third-order valence-electron chi connectivity index (χ3n) is 5.26. The summed E-state index contributed by atoms with van der Waals surface area (Å²) in [6, 6.07) is 16.5. The van der Waals surface area contributed by atoms with Crippen LogP contribution >= 0.6 is 34.8 Å². The summed E-state index contributed by atoms with van der Waals surface area (Å²) in [7, 11) is 0. The topological polar surface area (TPSA) is 66.5 Å². The van der Waals surface area contributed by atoms with E-state index in [0.29, 0.717) is 27.1 Å². The first-order chi connectivity index (χ1) is 15.7. The van der Waals surface area contributed by atoms with Crippen LogP contribution in [0.2, 0.25) is 15.1 Å². The molecule has 1 N–H and O–H groups in total. The standard InChI is InChI=1S/C25H17Cl3N2O3/c1-14-6-9-19(13-22(14)28)30-24(32)20(23(31)29-25(30)33)12-17-11-18(26)8-7-15(17)10-16-4-2-3-5-21(16)27/h2-9,11-13H,10H2,1H3,(H,29,31,33)/b20-12+. The summed E-state index contributed by atoms with van der Waals surface area (Å²) in [6.07, 6.45) is 1.90. The van der Waals surface area contributed by atoms with Gasteiger partial charge in [0.1, 0.15) is 5.57 Å². The fraction of sp³-hybridized carbons (Fsp3) is 0.0800. The number of rotatable bonds is 4. The van der Waals surface area contributed by atoms with Gasteiger partial charge in [0.2, 0.25) is 0 Å². The maximum Gasteiger partial charge on any atom is 0.335 e. The molecule has 0 bridgehead atoms. The first kappa shape index (κ1) is 23.1. The molecule has 0 aliphatic carbocycles. The van der Waals surface area contributed by atoms with Gasteiger partial charge in [0, 0.05) is 15.1 Å². The number of nitrogens with zero attached hydrogens (tertiary/aromatic N) is 1. The smallest absolute Gasteiger partial charge is 0.273 e. The van der Waals surface area contributed by atoms with Gasteiger partial charge in [0.15, 0.2) is 0 Å². The van der Waals surface area contributed by atoms with Crippen LogP contribution in [-0.2, 0) is 16.0 Å². The highest BCUT2D eigenvalue weighted by Crippen LogP contribution is 2.29. The Kier molecular flexibility index (Phi) is 6.56. The molecule has 4 rings (SSSR count). The monoisotopic (exact) mass is 498 g/mol. The van der Waals surface area contributed by atoms with Gasteiger partial charge in [-0.25, -0.2) is 9.69 Å². The second-order valence-corrected chi connectivity index (χ2v) is 8.75. The molecule has 1 fully saturated rings. The summed E-state index contributed by atoms with van der Waals surface area (Å²) in [5.41, 5.74) is 3.11. The molecular formula is C25H17Cl3N2O3. The first-order valence-electron chi connectivity index (χ1n) is 9.94. The highest BCUT2D eigenvalue weighted by atomic mass is 35.5. The Labute approximate surface area is 205 Å². The number of urea groups is 1. The minimum Gasteiger partial charge on any atom is -0.273 e. The minimum absolute atomic E-state index is 0.200. The van der Waals surface area contributed by atoms with Crippen molar-refractivity contribution in [2.75, 3.05) is 4.90 Å². The summed E-state index contributed by atoms with van der Waals surface area (Å²) in [5.74, 6) is -1.55. The van der Waals surface area contributed by atoms with Gasteiger partial charge in [-0.2, -0.15) is 0 Å². The average Bonchev–Trinajstić information content (AvgIpc) is 2.76. The zero-order valence-electron chi connectivity index (χ0n) is 17.4. The molecule has 0 saturated carbocycles. The SMILES string of the molecule is Cc1ccc(N2C(=O)NC(=O)/C(=C\c3cc(Cl)ccc3Cc3ccccc3Cl)C2=O)cc1Cl. The van der Waals surface area contributed by atoms with E-state index in [1.165, 1.54) is 12.1 Å². The van der Waals surface area contributed by atoms with Crippen LogP contribution in [0.5, 0.6) is 0 Å². The largest absolute Gasteiger partial charge is 0.335 e. The zero-order chi connectivity index (χ0) is 23.7. The zero-order valence-corrected chi connectivity index (χ0v) is 19.6. The molecule has 1 aliphatic heterocycles. The number of carbonyl (C=O) groups is 3. The molecule has 0 spiro atoms. The Bertz CT molecular complexity index is 1330. The van der Waals surface area contributed by atoms with Gasteiger partial charge in [0.25, 0.3) is 11.8 Å². The van der Waals surface area contributed by atoms with Crippen molar-refractivity contribution in [3.8, 4) is 0 Å². The van der Waals surface area contributed by atoms with Crippen molar-refractivity contribution in [1.82, 2.24) is 5.32 Å². The van der Waals surface area contributed by atoms with E-state index in [1.807, 2.05) is 24.3 Å². The number of imide groups is 2. The molecule has 0 unspecified atom stereocenters. The first-order valence-corrected chi connectivity index (χ1v) is 11.1. The number of benzene rings is 3. The summed E-state index contributed by atoms with van der Waals surface area (Å²) >= 11 is 18.7. The average molecular weight is 500 g/mol. The van der Waals surface area contributed by atoms with Crippen LogP contribution in [0.4, 0.5) is 10.5 Å². The third kappa shape index (κ3) is 4.81. The molecule has 1 saturated heterocycles. The lowest BCUT2D eigenvalue weighted by Crippen LogP contribution is -2.54. The number of anilines is 1. The molecule has 8 heteroatoms. The Balaban J connectivity index is 1.76. The van der Waals surface area contributed by atoms with E-state index in [0.717, 1.165) is 21.6 Å². The van der Waals surface area contributed by atoms with Crippen LogP contribution in [0.15, 0.2) is 66.2 Å². The van der Waals surface area contributed by atoms with E-state index >= 15 is 0 Å². The molecular weight excluding hydrogens is 483 g/mol. The molecule has 0 atom stereocenters. The van der Waals surface area contributed by atoms with Crippen LogP contribution in [0.25, 0.3) is 6.08 Å². The maximum atomic E-state index is 13.2. The van der Waals surface area contributed by atoms with Crippen molar-refractivity contribution in [2.45, 2.75) is 13.3 Å². The second-order valence-electron chi connectivity index (χ2n) is 7.50. The van der Waals surface area contributed by atoms with Crippen molar-refractivity contribution in [3.05, 3.63) is 104 Å². The van der Waals surface area contributed by atoms with Crippen LogP contribution < -0.4 is 10.2 Å². The van der Waals surface area contributed by atoms with Crippen molar-refractivity contribution < 1.29 is 14.4 Å². The normalized spacial score (nSPS) is 15.2. The fourth-order valence-corrected chi connectivity index (χ4v) is 4.03. The van der Waals surface area contributed by atoms with Crippen molar-refractivity contribution in [1.29, 1.82) is 0 Å². The van der Waals surface area contributed by atoms with Crippen molar-refractivity contribution in [2.24, 2.45) is 0 Å². The van der Waals surface area contributed by atoms with E-state index < -0.39 is 17.8 Å². The predicted octanol–water partition coefficient (Wildman–Crippen LogP) is 6.21. The van der Waals surface area contributed by atoms with Gasteiger partial charge in [-0.3, -0.25) is 14.9 Å². The van der Waals surface area contributed by atoms with Crippen LogP contribution in [-0.4, -0.2) is 17.8 Å². The van der Waals surface area contributed by atoms with Crippen LogP contribution in [0.1, 0.15) is 22.3 Å². The Morgan fingerprint density at radius 2 is 1.64 bits per heavy atom. The molecule has 166 valence electrons. The lowest BCUT2D eigenvalue weighted by atomic mass is 9.97. The van der Waals surface area contributed by atoms with Gasteiger partial charge in [-0.15, -0.1) is 0 Å². The molecule has 0 aromatic heterocycles. The van der Waals surface area contributed by atoms with Crippen LogP contribution in [0, 0.1) is 6.92 Å². The van der Waals surface area contributed by atoms with E-state index in [9.17, 15) is 14.4 Å². The number of hydrogen-bond donors (Lipinski definition) is 1. The maximum absolute atomic E-state index is 13.2. The van der Waals surface area contributed by atoms with Gasteiger partial charge < -0.3 is 0 Å². The molecule has 0 radical (unpaired) electrons. The molecule has 3 aromatic rings. The Morgan fingerprint density at radius 1 is 0.879 bits per heavy atom.